The Morgan fingerprint density at radius 3 is 1.10 bits per heavy atom. The van der Waals surface area contributed by atoms with Gasteiger partial charge in [-0.25, -0.2) is 9.98 Å². The van der Waals surface area contributed by atoms with Gasteiger partial charge < -0.3 is 10.6 Å². The van der Waals surface area contributed by atoms with Gasteiger partial charge in [-0.2, -0.15) is 0 Å². The van der Waals surface area contributed by atoms with E-state index in [4.69, 9.17) is 0 Å². The summed E-state index contributed by atoms with van der Waals surface area (Å²) in [5.41, 5.74) is 3.34. The summed E-state index contributed by atoms with van der Waals surface area (Å²) in [5, 5.41) is 6.01. The number of unbranched alkanes of at least 4 members (excludes halogenated alkanes) is 5. The summed E-state index contributed by atoms with van der Waals surface area (Å²) < 4.78 is 0. The summed E-state index contributed by atoms with van der Waals surface area (Å²) in [6, 6.07) is 38.7. The number of nitrogens with zero attached hydrogens (tertiary/aromatic N) is 2. The van der Waals surface area contributed by atoms with Crippen molar-refractivity contribution in [2.24, 2.45) is 9.98 Å². The summed E-state index contributed by atoms with van der Waals surface area (Å²) in [5.74, 6) is 1.07. The van der Waals surface area contributed by atoms with E-state index in [-0.39, 0.29) is 11.8 Å². The minimum atomic E-state index is -0.0309. The molecule has 6 nitrogen and oxygen atoms in total. The van der Waals surface area contributed by atoms with E-state index in [9.17, 15) is 9.59 Å². The van der Waals surface area contributed by atoms with Gasteiger partial charge in [0.15, 0.2) is 0 Å². The van der Waals surface area contributed by atoms with E-state index < -0.39 is 0 Å². The maximum absolute atomic E-state index is 12.7. The van der Waals surface area contributed by atoms with E-state index in [2.05, 4.69) is 20.6 Å². The molecule has 0 heterocycles. The second-order valence-corrected chi connectivity index (χ2v) is 10.0. The molecule has 2 N–H and O–H groups in total. The maximum Gasteiger partial charge on any atom is 0.225 e. The van der Waals surface area contributed by atoms with Crippen molar-refractivity contribution in [3.05, 3.63) is 132 Å². The molecule has 6 heteroatoms. The molecule has 2 amide bonds. The fraction of sp³-hybridized carbons (Fsp3) is 0.222. The number of amidine groups is 2. The minimum Gasteiger partial charge on any atom is -0.310 e. The van der Waals surface area contributed by atoms with E-state index in [1.54, 1.807) is 0 Å². The van der Waals surface area contributed by atoms with Gasteiger partial charge in [0, 0.05) is 24.0 Å². The number of benzene rings is 4. The first kappa shape index (κ1) is 30.1. The van der Waals surface area contributed by atoms with Crippen LogP contribution in [0.25, 0.3) is 0 Å². The van der Waals surface area contributed by atoms with Crippen molar-refractivity contribution in [2.75, 3.05) is 0 Å². The lowest BCUT2D eigenvalue weighted by Crippen LogP contribution is -2.31. The number of para-hydroxylation sites is 2. The molecule has 0 atom stereocenters. The maximum atomic E-state index is 12.7. The van der Waals surface area contributed by atoms with Gasteiger partial charge in [0.1, 0.15) is 11.7 Å². The van der Waals surface area contributed by atoms with Crippen LogP contribution < -0.4 is 10.6 Å². The third-order valence-electron chi connectivity index (χ3n) is 6.66. The average Bonchev–Trinajstić information content (AvgIpc) is 3.03. The van der Waals surface area contributed by atoms with Crippen molar-refractivity contribution in [1.82, 2.24) is 10.6 Å². The molecule has 0 aliphatic rings. The number of amides is 2. The van der Waals surface area contributed by atoms with Crippen LogP contribution >= 0.6 is 0 Å². The van der Waals surface area contributed by atoms with Crippen LogP contribution in [-0.2, 0) is 9.59 Å². The third kappa shape index (κ3) is 10.6. The molecule has 0 bridgehead atoms. The van der Waals surface area contributed by atoms with Crippen molar-refractivity contribution in [1.29, 1.82) is 0 Å². The molecule has 0 fully saturated rings. The number of rotatable bonds is 13. The number of carbonyl (C=O) groups is 2. The molecular formula is C36H38N4O2. The van der Waals surface area contributed by atoms with Gasteiger partial charge in [0.2, 0.25) is 11.8 Å². The van der Waals surface area contributed by atoms with Crippen molar-refractivity contribution in [3.8, 4) is 0 Å². The van der Waals surface area contributed by atoms with Gasteiger partial charge in [-0.15, -0.1) is 0 Å². The first-order valence-electron chi connectivity index (χ1n) is 14.7. The summed E-state index contributed by atoms with van der Waals surface area (Å²) in [6.45, 7) is 0. The zero-order valence-electron chi connectivity index (χ0n) is 23.9. The molecule has 4 aromatic carbocycles. The monoisotopic (exact) mass is 558 g/mol. The van der Waals surface area contributed by atoms with E-state index in [0.717, 1.165) is 61.0 Å². The van der Waals surface area contributed by atoms with Crippen LogP contribution in [0, 0.1) is 0 Å². The molecule has 42 heavy (non-hydrogen) atoms. The van der Waals surface area contributed by atoms with E-state index >= 15 is 0 Å². The highest BCUT2D eigenvalue weighted by atomic mass is 16.2. The molecule has 0 aliphatic carbocycles. The van der Waals surface area contributed by atoms with Crippen LogP contribution in [0.15, 0.2) is 131 Å². The molecule has 4 rings (SSSR count). The van der Waals surface area contributed by atoms with Crippen LogP contribution in [0.3, 0.4) is 0 Å². The predicted octanol–water partition coefficient (Wildman–Crippen LogP) is 7.90. The summed E-state index contributed by atoms with van der Waals surface area (Å²) in [6.07, 6.45) is 6.53. The number of hydrogen-bond donors (Lipinski definition) is 2. The van der Waals surface area contributed by atoms with Gasteiger partial charge >= 0.3 is 0 Å². The molecule has 214 valence electrons. The Kier molecular flexibility index (Phi) is 12.3. The zero-order valence-corrected chi connectivity index (χ0v) is 23.9. The van der Waals surface area contributed by atoms with Crippen molar-refractivity contribution in [2.45, 2.75) is 51.4 Å². The van der Waals surface area contributed by atoms with Crippen LogP contribution in [0.4, 0.5) is 11.4 Å². The zero-order chi connectivity index (χ0) is 29.2. The Labute approximate surface area is 248 Å². The smallest absolute Gasteiger partial charge is 0.225 e. The Balaban J connectivity index is 1.15. The Morgan fingerprint density at radius 1 is 0.429 bits per heavy atom. The van der Waals surface area contributed by atoms with Crippen LogP contribution in [0.1, 0.15) is 62.5 Å². The van der Waals surface area contributed by atoms with Crippen LogP contribution in [0.5, 0.6) is 0 Å². The quantitative estimate of drug-likeness (QED) is 0.0993. The topological polar surface area (TPSA) is 82.9 Å². The second-order valence-electron chi connectivity index (χ2n) is 10.0. The highest BCUT2D eigenvalue weighted by Gasteiger charge is 2.10. The molecule has 0 unspecified atom stereocenters. The number of hydrogen-bond acceptors (Lipinski definition) is 4. The van der Waals surface area contributed by atoms with Gasteiger partial charge in [-0.05, 0) is 37.1 Å². The SMILES string of the molecule is O=C(CCCCCCCCC(=O)NC(=Nc1ccccc1)c1ccccc1)NC(=Nc1ccccc1)c1ccccc1. The van der Waals surface area contributed by atoms with Crippen LogP contribution in [0.2, 0.25) is 0 Å². The van der Waals surface area contributed by atoms with Crippen molar-refractivity contribution >= 4 is 34.9 Å². The highest BCUT2D eigenvalue weighted by Crippen LogP contribution is 2.15. The lowest BCUT2D eigenvalue weighted by molar-refractivity contribution is -0.120. The van der Waals surface area contributed by atoms with Crippen molar-refractivity contribution < 1.29 is 9.59 Å². The average molecular weight is 559 g/mol. The molecule has 0 aliphatic heterocycles. The lowest BCUT2D eigenvalue weighted by atomic mass is 10.1. The fourth-order valence-electron chi connectivity index (χ4n) is 4.45. The van der Waals surface area contributed by atoms with Gasteiger partial charge in [0.25, 0.3) is 0 Å². The van der Waals surface area contributed by atoms with Gasteiger partial charge in [-0.3, -0.25) is 9.59 Å². The van der Waals surface area contributed by atoms with Gasteiger partial charge in [0.05, 0.1) is 11.4 Å². The normalized spacial score (nSPS) is 11.6. The Hall–Kier alpha value is -4.84. The summed E-state index contributed by atoms with van der Waals surface area (Å²) in [7, 11) is 0. The standard InChI is InChI=1S/C36H38N4O2/c41-33(39-35(29-19-9-5-10-20-29)37-31-23-13-7-14-24-31)27-17-3-1-2-4-18-28-34(42)40-36(30-21-11-6-12-22-30)38-32-25-15-8-16-26-32/h5-16,19-26H,1-4,17-18,27-28H2,(H,37,39,41)(H,38,40,42). The number of nitrogens with one attached hydrogen (secondary N) is 2. The van der Waals surface area contributed by atoms with Crippen LogP contribution in [-0.4, -0.2) is 23.5 Å². The minimum absolute atomic E-state index is 0.0309. The largest absolute Gasteiger partial charge is 0.310 e. The molecule has 0 aromatic heterocycles. The Bertz CT molecular complexity index is 1320. The first-order valence-corrected chi connectivity index (χ1v) is 14.7. The number of carbonyl (C=O) groups excluding carboxylic acids is 2. The predicted molar refractivity (Wildman–Crippen MR) is 171 cm³/mol. The molecule has 0 spiro atoms. The summed E-state index contributed by atoms with van der Waals surface area (Å²) >= 11 is 0. The molecule has 0 saturated carbocycles. The van der Waals surface area contributed by atoms with Gasteiger partial charge in [-0.1, -0.05) is 123 Å². The van der Waals surface area contributed by atoms with E-state index in [1.807, 2.05) is 121 Å². The lowest BCUT2D eigenvalue weighted by Gasteiger charge is -2.10. The second kappa shape index (κ2) is 17.1. The van der Waals surface area contributed by atoms with E-state index in [0.29, 0.717) is 24.5 Å². The molecule has 4 aromatic rings. The van der Waals surface area contributed by atoms with E-state index in [1.165, 1.54) is 0 Å². The summed E-state index contributed by atoms with van der Waals surface area (Å²) in [4.78, 5) is 34.7. The highest BCUT2D eigenvalue weighted by molar-refractivity contribution is 6.09. The Morgan fingerprint density at radius 2 is 0.738 bits per heavy atom. The number of aliphatic imine (C=N–C) groups is 2. The third-order valence-corrected chi connectivity index (χ3v) is 6.66. The van der Waals surface area contributed by atoms with Crippen molar-refractivity contribution in [3.63, 3.8) is 0 Å². The molecule has 0 saturated heterocycles. The molecule has 0 radical (unpaired) electrons. The molecular weight excluding hydrogens is 520 g/mol. The first-order chi connectivity index (χ1) is 20.7. The fourth-order valence-corrected chi connectivity index (χ4v) is 4.45.